The Morgan fingerprint density at radius 2 is 2.14 bits per heavy atom. The first-order valence-corrected chi connectivity index (χ1v) is 8.87. The van der Waals surface area contributed by atoms with Crippen LogP contribution in [0.15, 0.2) is 34.9 Å². The molecule has 1 aliphatic heterocycles. The number of nitrogens with two attached hydrogens (primary N) is 1. The largest absolute Gasteiger partial charge is 0.464 e. The molecular formula is C15H18N2O4S. The number of rotatable bonds is 4. The summed E-state index contributed by atoms with van der Waals surface area (Å²) in [5, 5.41) is 6.01. The number of amides is 1. The number of hydrogen-bond donors (Lipinski definition) is 1. The molecule has 0 saturated carbocycles. The summed E-state index contributed by atoms with van der Waals surface area (Å²) >= 11 is 0. The van der Waals surface area contributed by atoms with Crippen molar-refractivity contribution < 1.29 is 17.6 Å². The molecule has 1 aliphatic rings. The molecule has 118 valence electrons. The van der Waals surface area contributed by atoms with Crippen LogP contribution in [0, 0.1) is 5.92 Å². The zero-order valence-corrected chi connectivity index (χ0v) is 12.9. The first kappa shape index (κ1) is 15.1. The third-order valence-electron chi connectivity index (χ3n) is 4.01. The number of fused-ring (bicyclic) bond motifs is 1. The molecule has 1 amide bonds. The molecule has 0 spiro atoms. The summed E-state index contributed by atoms with van der Waals surface area (Å²) < 4.78 is 27.7. The van der Waals surface area contributed by atoms with Gasteiger partial charge in [-0.3, -0.25) is 4.79 Å². The maximum absolute atomic E-state index is 12.4. The molecular weight excluding hydrogens is 304 g/mol. The number of hydrogen-bond acceptors (Lipinski definition) is 4. The minimum Gasteiger partial charge on any atom is -0.464 e. The van der Waals surface area contributed by atoms with Gasteiger partial charge in [-0.1, -0.05) is 18.2 Å². The number of nitrogens with zero attached hydrogens (tertiary/aromatic N) is 1. The van der Waals surface area contributed by atoms with E-state index in [2.05, 4.69) is 0 Å². The van der Waals surface area contributed by atoms with Crippen LogP contribution >= 0.6 is 0 Å². The molecule has 1 atom stereocenters. The van der Waals surface area contributed by atoms with E-state index in [1.54, 1.807) is 11.2 Å². The molecule has 6 nitrogen and oxygen atoms in total. The van der Waals surface area contributed by atoms with Crippen molar-refractivity contribution in [3.63, 3.8) is 0 Å². The topological polar surface area (TPSA) is 93.6 Å². The van der Waals surface area contributed by atoms with Gasteiger partial charge in [0.15, 0.2) is 0 Å². The van der Waals surface area contributed by atoms with Crippen molar-refractivity contribution in [3.05, 3.63) is 36.1 Å². The molecule has 0 bridgehead atoms. The number of carbonyl (C=O) groups is 1. The van der Waals surface area contributed by atoms with E-state index in [-0.39, 0.29) is 24.0 Å². The van der Waals surface area contributed by atoms with Gasteiger partial charge in [-0.05, 0) is 18.4 Å². The van der Waals surface area contributed by atoms with Gasteiger partial charge in [0.25, 0.3) is 0 Å². The average molecular weight is 322 g/mol. The summed E-state index contributed by atoms with van der Waals surface area (Å²) in [7, 11) is -3.49. The standard InChI is InChI=1S/C15H18N2O4S/c16-22(19,20)10-11-5-6-17(8-11)15(18)7-12-9-21-14-4-2-1-3-13(12)14/h1-4,9,11H,5-8,10H2,(H2,16,19,20). The SMILES string of the molecule is NS(=O)(=O)CC1CCN(C(=O)Cc2coc3ccccc23)C1. The van der Waals surface area contributed by atoms with E-state index in [4.69, 9.17) is 9.56 Å². The van der Waals surface area contributed by atoms with Crippen molar-refractivity contribution in [1.29, 1.82) is 0 Å². The number of likely N-dealkylation sites (tertiary alicyclic amines) is 1. The fourth-order valence-corrected chi connectivity index (χ4v) is 3.90. The van der Waals surface area contributed by atoms with E-state index < -0.39 is 10.0 Å². The molecule has 2 heterocycles. The van der Waals surface area contributed by atoms with Gasteiger partial charge in [0, 0.05) is 24.0 Å². The highest BCUT2D eigenvalue weighted by Crippen LogP contribution is 2.23. The lowest BCUT2D eigenvalue weighted by molar-refractivity contribution is -0.129. The van der Waals surface area contributed by atoms with Crippen molar-refractivity contribution >= 4 is 26.9 Å². The zero-order valence-electron chi connectivity index (χ0n) is 12.1. The average Bonchev–Trinajstić information content (AvgIpc) is 3.05. The predicted molar refractivity (Wildman–Crippen MR) is 82.6 cm³/mol. The molecule has 3 rings (SSSR count). The normalized spacial score (nSPS) is 19.0. The van der Waals surface area contributed by atoms with Gasteiger partial charge in [0.05, 0.1) is 18.4 Å². The Kier molecular flexibility index (Phi) is 3.92. The van der Waals surface area contributed by atoms with E-state index in [9.17, 15) is 13.2 Å². The Labute approximate surface area is 128 Å². The minimum absolute atomic E-state index is 0.0107. The van der Waals surface area contributed by atoms with Gasteiger partial charge in [-0.25, -0.2) is 13.6 Å². The first-order valence-electron chi connectivity index (χ1n) is 7.16. The van der Waals surface area contributed by atoms with Crippen molar-refractivity contribution in [2.75, 3.05) is 18.8 Å². The molecule has 7 heteroatoms. The van der Waals surface area contributed by atoms with Crippen LogP contribution in [0.2, 0.25) is 0 Å². The lowest BCUT2D eigenvalue weighted by Crippen LogP contribution is -2.31. The van der Waals surface area contributed by atoms with Gasteiger partial charge in [-0.15, -0.1) is 0 Å². The third kappa shape index (κ3) is 3.31. The van der Waals surface area contributed by atoms with Crippen molar-refractivity contribution in [2.45, 2.75) is 12.8 Å². The van der Waals surface area contributed by atoms with Gasteiger partial charge >= 0.3 is 0 Å². The Hall–Kier alpha value is -1.86. The van der Waals surface area contributed by atoms with Crippen molar-refractivity contribution in [1.82, 2.24) is 4.90 Å². The van der Waals surface area contributed by atoms with Gasteiger partial charge in [-0.2, -0.15) is 0 Å². The monoisotopic (exact) mass is 322 g/mol. The Morgan fingerprint density at radius 1 is 1.36 bits per heavy atom. The summed E-state index contributed by atoms with van der Waals surface area (Å²) in [5.74, 6) is -0.144. The number of sulfonamides is 1. The molecule has 1 fully saturated rings. The van der Waals surface area contributed by atoms with Crippen LogP contribution in [0.3, 0.4) is 0 Å². The minimum atomic E-state index is -3.49. The van der Waals surface area contributed by atoms with Gasteiger partial charge in [0.2, 0.25) is 15.9 Å². The number of benzene rings is 1. The van der Waals surface area contributed by atoms with E-state index in [0.29, 0.717) is 19.5 Å². The maximum Gasteiger partial charge on any atom is 0.227 e. The molecule has 0 radical (unpaired) electrons. The number of primary sulfonamides is 1. The highest BCUT2D eigenvalue weighted by Gasteiger charge is 2.29. The molecule has 2 aromatic rings. The highest BCUT2D eigenvalue weighted by atomic mass is 32.2. The van der Waals surface area contributed by atoms with Crippen molar-refractivity contribution in [3.8, 4) is 0 Å². The smallest absolute Gasteiger partial charge is 0.227 e. The quantitative estimate of drug-likeness (QED) is 0.912. The second-order valence-electron chi connectivity index (χ2n) is 5.76. The Morgan fingerprint density at radius 3 is 2.91 bits per heavy atom. The van der Waals surface area contributed by atoms with Crippen molar-refractivity contribution in [2.24, 2.45) is 11.1 Å². The lowest BCUT2D eigenvalue weighted by atomic mass is 10.1. The van der Waals surface area contributed by atoms with E-state index in [1.807, 2.05) is 24.3 Å². The molecule has 1 aromatic heterocycles. The summed E-state index contributed by atoms with van der Waals surface area (Å²) in [6, 6.07) is 7.58. The molecule has 1 unspecified atom stereocenters. The molecule has 0 aliphatic carbocycles. The predicted octanol–water partition coefficient (Wildman–Crippen LogP) is 1.11. The number of para-hydroxylation sites is 1. The molecule has 22 heavy (non-hydrogen) atoms. The van der Waals surface area contributed by atoms with Crippen LogP contribution in [0.25, 0.3) is 11.0 Å². The van der Waals surface area contributed by atoms with Gasteiger partial charge < -0.3 is 9.32 Å². The Balaban J connectivity index is 1.66. The van der Waals surface area contributed by atoms with E-state index >= 15 is 0 Å². The van der Waals surface area contributed by atoms with Crippen LogP contribution in [0.5, 0.6) is 0 Å². The summed E-state index contributed by atoms with van der Waals surface area (Å²) in [6.07, 6.45) is 2.55. The van der Waals surface area contributed by atoms with Crippen LogP contribution in [-0.2, 0) is 21.2 Å². The zero-order chi connectivity index (χ0) is 15.7. The number of furan rings is 1. The van der Waals surface area contributed by atoms with Crippen LogP contribution in [0.1, 0.15) is 12.0 Å². The maximum atomic E-state index is 12.4. The number of carbonyl (C=O) groups excluding carboxylic acids is 1. The third-order valence-corrected chi connectivity index (χ3v) is 4.95. The van der Waals surface area contributed by atoms with Gasteiger partial charge in [0.1, 0.15) is 5.58 Å². The van der Waals surface area contributed by atoms with Crippen LogP contribution < -0.4 is 5.14 Å². The summed E-state index contributed by atoms with van der Waals surface area (Å²) in [6.45, 7) is 1.03. The fourth-order valence-electron chi connectivity index (χ4n) is 2.97. The summed E-state index contributed by atoms with van der Waals surface area (Å²) in [4.78, 5) is 14.1. The second kappa shape index (κ2) is 5.73. The molecule has 2 N–H and O–H groups in total. The van der Waals surface area contributed by atoms with E-state index in [1.165, 1.54) is 0 Å². The van der Waals surface area contributed by atoms with Crippen LogP contribution in [-0.4, -0.2) is 38.1 Å². The lowest BCUT2D eigenvalue weighted by Gasteiger charge is -2.16. The highest BCUT2D eigenvalue weighted by molar-refractivity contribution is 7.89. The molecule has 1 saturated heterocycles. The van der Waals surface area contributed by atoms with E-state index in [0.717, 1.165) is 16.5 Å². The summed E-state index contributed by atoms with van der Waals surface area (Å²) in [5.41, 5.74) is 1.62. The fraction of sp³-hybridized carbons (Fsp3) is 0.400. The first-order chi connectivity index (χ1) is 10.4. The van der Waals surface area contributed by atoms with Crippen LogP contribution in [0.4, 0.5) is 0 Å². The second-order valence-corrected chi connectivity index (χ2v) is 7.42. The Bertz CT molecular complexity index is 797. The molecule has 1 aromatic carbocycles.